The van der Waals surface area contributed by atoms with Crippen molar-refractivity contribution in [2.75, 3.05) is 19.0 Å². The lowest BCUT2D eigenvalue weighted by Gasteiger charge is -2.07. The van der Waals surface area contributed by atoms with Crippen molar-refractivity contribution in [1.82, 2.24) is 4.98 Å². The summed E-state index contributed by atoms with van der Waals surface area (Å²) in [7, 11) is 1.69. The summed E-state index contributed by atoms with van der Waals surface area (Å²) in [5.41, 5.74) is 2.43. The highest BCUT2D eigenvalue weighted by molar-refractivity contribution is 5.36. The minimum Gasteiger partial charge on any atom is -0.497 e. The molecule has 0 saturated heterocycles. The number of nitrogens with zero attached hydrogens (tertiary/aromatic N) is 1. The first-order valence-corrected chi connectivity index (χ1v) is 6.07. The molecular formula is C15H18N2O. The van der Waals surface area contributed by atoms with Crippen LogP contribution in [0.2, 0.25) is 0 Å². The van der Waals surface area contributed by atoms with E-state index in [1.54, 1.807) is 7.11 Å². The van der Waals surface area contributed by atoms with Crippen LogP contribution in [0.1, 0.15) is 11.1 Å². The van der Waals surface area contributed by atoms with Crippen LogP contribution in [-0.2, 0) is 6.42 Å². The summed E-state index contributed by atoms with van der Waals surface area (Å²) in [5, 5.41) is 3.31. The molecular weight excluding hydrogens is 224 g/mol. The Morgan fingerprint density at radius 2 is 2.11 bits per heavy atom. The average Bonchev–Trinajstić information content (AvgIpc) is 2.41. The van der Waals surface area contributed by atoms with Gasteiger partial charge in [0.2, 0.25) is 0 Å². The maximum Gasteiger partial charge on any atom is 0.125 e. The van der Waals surface area contributed by atoms with Gasteiger partial charge in [-0.15, -0.1) is 0 Å². The summed E-state index contributed by atoms with van der Waals surface area (Å²) in [5.74, 6) is 1.82. The van der Waals surface area contributed by atoms with Gasteiger partial charge in [0.05, 0.1) is 7.11 Å². The van der Waals surface area contributed by atoms with E-state index in [9.17, 15) is 0 Å². The van der Waals surface area contributed by atoms with Gasteiger partial charge in [0.1, 0.15) is 11.6 Å². The van der Waals surface area contributed by atoms with Gasteiger partial charge in [0.15, 0.2) is 0 Å². The predicted molar refractivity (Wildman–Crippen MR) is 74.2 cm³/mol. The Labute approximate surface area is 108 Å². The second-order valence-corrected chi connectivity index (χ2v) is 4.25. The zero-order valence-electron chi connectivity index (χ0n) is 10.8. The van der Waals surface area contributed by atoms with Crippen molar-refractivity contribution in [3.63, 3.8) is 0 Å². The fourth-order valence-corrected chi connectivity index (χ4v) is 1.74. The number of ether oxygens (including phenoxy) is 1. The molecule has 0 bridgehead atoms. The second-order valence-electron chi connectivity index (χ2n) is 4.25. The van der Waals surface area contributed by atoms with Crippen LogP contribution in [0.3, 0.4) is 0 Å². The third kappa shape index (κ3) is 3.48. The molecule has 0 saturated carbocycles. The van der Waals surface area contributed by atoms with Gasteiger partial charge in [0, 0.05) is 12.7 Å². The van der Waals surface area contributed by atoms with Crippen LogP contribution >= 0.6 is 0 Å². The van der Waals surface area contributed by atoms with E-state index in [0.29, 0.717) is 0 Å². The van der Waals surface area contributed by atoms with Crippen molar-refractivity contribution in [2.45, 2.75) is 13.3 Å². The standard InChI is InChI=1S/C15H18N2O/c1-12-6-7-15(17-11-12)16-9-8-13-4-3-5-14(10-13)18-2/h3-7,10-11H,8-9H2,1-2H3,(H,16,17). The molecule has 2 aromatic rings. The lowest BCUT2D eigenvalue weighted by molar-refractivity contribution is 0.414. The van der Waals surface area contributed by atoms with E-state index in [1.165, 1.54) is 11.1 Å². The topological polar surface area (TPSA) is 34.1 Å². The summed E-state index contributed by atoms with van der Waals surface area (Å²) >= 11 is 0. The Morgan fingerprint density at radius 1 is 1.22 bits per heavy atom. The summed E-state index contributed by atoms with van der Waals surface area (Å²) < 4.78 is 5.20. The van der Waals surface area contributed by atoms with E-state index in [1.807, 2.05) is 31.3 Å². The van der Waals surface area contributed by atoms with Gasteiger partial charge in [-0.1, -0.05) is 18.2 Å². The van der Waals surface area contributed by atoms with E-state index < -0.39 is 0 Å². The normalized spacial score (nSPS) is 10.1. The lowest BCUT2D eigenvalue weighted by Crippen LogP contribution is -2.06. The highest BCUT2D eigenvalue weighted by Gasteiger charge is 1.97. The number of pyridine rings is 1. The summed E-state index contributed by atoms with van der Waals surface area (Å²) in [4.78, 5) is 4.31. The molecule has 0 aliphatic heterocycles. The van der Waals surface area contributed by atoms with E-state index in [4.69, 9.17) is 4.74 Å². The highest BCUT2D eigenvalue weighted by Crippen LogP contribution is 2.13. The molecule has 3 heteroatoms. The van der Waals surface area contributed by atoms with Crippen molar-refractivity contribution >= 4 is 5.82 Å². The zero-order valence-corrected chi connectivity index (χ0v) is 10.8. The molecule has 0 amide bonds. The monoisotopic (exact) mass is 242 g/mol. The van der Waals surface area contributed by atoms with Gasteiger partial charge >= 0.3 is 0 Å². The molecule has 94 valence electrons. The SMILES string of the molecule is COc1cccc(CCNc2ccc(C)cn2)c1. The van der Waals surface area contributed by atoms with E-state index >= 15 is 0 Å². The van der Waals surface area contributed by atoms with E-state index in [-0.39, 0.29) is 0 Å². The molecule has 1 heterocycles. The number of methoxy groups -OCH3 is 1. The van der Waals surface area contributed by atoms with E-state index in [0.717, 1.165) is 24.5 Å². The first kappa shape index (κ1) is 12.4. The fraction of sp³-hybridized carbons (Fsp3) is 0.267. The van der Waals surface area contributed by atoms with Crippen molar-refractivity contribution < 1.29 is 4.74 Å². The van der Waals surface area contributed by atoms with Gasteiger partial charge in [-0.25, -0.2) is 4.98 Å². The van der Waals surface area contributed by atoms with Gasteiger partial charge in [0.25, 0.3) is 0 Å². The molecule has 1 aromatic carbocycles. The van der Waals surface area contributed by atoms with Crippen molar-refractivity contribution in [1.29, 1.82) is 0 Å². The molecule has 18 heavy (non-hydrogen) atoms. The summed E-state index contributed by atoms with van der Waals surface area (Å²) in [6, 6.07) is 12.2. The van der Waals surface area contributed by atoms with Crippen molar-refractivity contribution in [2.24, 2.45) is 0 Å². The van der Waals surface area contributed by atoms with Crippen LogP contribution < -0.4 is 10.1 Å². The number of hydrogen-bond acceptors (Lipinski definition) is 3. The third-order valence-electron chi connectivity index (χ3n) is 2.77. The molecule has 0 aliphatic rings. The Morgan fingerprint density at radius 3 is 2.83 bits per heavy atom. The number of hydrogen-bond donors (Lipinski definition) is 1. The smallest absolute Gasteiger partial charge is 0.125 e. The quantitative estimate of drug-likeness (QED) is 0.875. The minimum atomic E-state index is 0.864. The van der Waals surface area contributed by atoms with Gasteiger partial charge < -0.3 is 10.1 Å². The van der Waals surface area contributed by atoms with Crippen LogP contribution in [-0.4, -0.2) is 18.6 Å². The third-order valence-corrected chi connectivity index (χ3v) is 2.77. The Balaban J connectivity index is 1.86. The number of rotatable bonds is 5. The maximum atomic E-state index is 5.20. The molecule has 0 unspecified atom stereocenters. The first-order valence-electron chi connectivity index (χ1n) is 6.07. The molecule has 1 aromatic heterocycles. The largest absolute Gasteiger partial charge is 0.497 e. The number of nitrogens with one attached hydrogen (secondary N) is 1. The van der Waals surface area contributed by atoms with Crippen LogP contribution in [0.15, 0.2) is 42.6 Å². The molecule has 0 atom stereocenters. The molecule has 3 nitrogen and oxygen atoms in total. The van der Waals surface area contributed by atoms with Gasteiger partial charge in [-0.05, 0) is 42.7 Å². The minimum absolute atomic E-state index is 0.864. The van der Waals surface area contributed by atoms with Crippen LogP contribution in [0.25, 0.3) is 0 Å². The van der Waals surface area contributed by atoms with Crippen molar-refractivity contribution in [3.05, 3.63) is 53.7 Å². The average molecular weight is 242 g/mol. The van der Waals surface area contributed by atoms with Crippen LogP contribution in [0, 0.1) is 6.92 Å². The second kappa shape index (κ2) is 6.05. The zero-order chi connectivity index (χ0) is 12.8. The van der Waals surface area contributed by atoms with Crippen LogP contribution in [0.5, 0.6) is 5.75 Å². The Bertz CT molecular complexity index is 494. The summed E-state index contributed by atoms with van der Waals surface area (Å²) in [6.07, 6.45) is 2.82. The lowest BCUT2D eigenvalue weighted by atomic mass is 10.1. The maximum absolute atomic E-state index is 5.20. The Kier molecular flexibility index (Phi) is 4.18. The Hall–Kier alpha value is -2.03. The predicted octanol–water partition coefficient (Wildman–Crippen LogP) is 3.05. The summed E-state index contributed by atoms with van der Waals surface area (Å²) in [6.45, 7) is 2.90. The fourth-order valence-electron chi connectivity index (χ4n) is 1.74. The van der Waals surface area contributed by atoms with Crippen molar-refractivity contribution in [3.8, 4) is 5.75 Å². The van der Waals surface area contributed by atoms with E-state index in [2.05, 4.69) is 28.5 Å². The van der Waals surface area contributed by atoms with Gasteiger partial charge in [-0.3, -0.25) is 0 Å². The molecule has 0 fully saturated rings. The van der Waals surface area contributed by atoms with Crippen LogP contribution in [0.4, 0.5) is 5.82 Å². The number of aryl methyl sites for hydroxylation is 1. The molecule has 0 aliphatic carbocycles. The van der Waals surface area contributed by atoms with Gasteiger partial charge in [-0.2, -0.15) is 0 Å². The number of anilines is 1. The first-order chi connectivity index (χ1) is 8.78. The molecule has 0 radical (unpaired) electrons. The molecule has 2 rings (SSSR count). The number of benzene rings is 1. The number of aromatic nitrogens is 1. The molecule has 0 spiro atoms. The molecule has 1 N–H and O–H groups in total. The highest BCUT2D eigenvalue weighted by atomic mass is 16.5.